The fourth-order valence-corrected chi connectivity index (χ4v) is 2.58. The molecule has 0 saturated carbocycles. The summed E-state index contributed by atoms with van der Waals surface area (Å²) in [6.45, 7) is 1.50. The summed E-state index contributed by atoms with van der Waals surface area (Å²) in [7, 11) is 0. The molecule has 1 aromatic rings. The van der Waals surface area contributed by atoms with Crippen LogP contribution in [0.25, 0.3) is 0 Å². The van der Waals surface area contributed by atoms with Gasteiger partial charge in [0.05, 0.1) is 0 Å². The van der Waals surface area contributed by atoms with Crippen LogP contribution in [0.15, 0.2) is 24.3 Å². The van der Waals surface area contributed by atoms with E-state index < -0.39 is 18.2 Å². The number of nitrogens with zero attached hydrogens (tertiary/aromatic N) is 1. The second kappa shape index (κ2) is 6.01. The topological polar surface area (TPSA) is 43.7 Å². The molecule has 1 fully saturated rings. The number of alkyl halides is 3. The maximum absolute atomic E-state index is 12.4. The number of likely N-dealkylation sites (tertiary alicyclic amines) is 1. The van der Waals surface area contributed by atoms with E-state index in [1.165, 1.54) is 0 Å². The van der Waals surface area contributed by atoms with E-state index in [0.717, 1.165) is 5.56 Å². The van der Waals surface area contributed by atoms with Crippen molar-refractivity contribution in [3.05, 3.63) is 29.8 Å². The predicted octanol–water partition coefficient (Wildman–Crippen LogP) is 2.53. The standard InChI is InChI=1S/C14H18F3NO2/c15-14(16,17)13(20)10-5-7-18(8-6-10)9-11-3-1-2-4-12(11)19/h1-4,10,13,19-20H,5-9H2. The summed E-state index contributed by atoms with van der Waals surface area (Å²) in [4.78, 5) is 1.99. The fourth-order valence-electron chi connectivity index (χ4n) is 2.58. The molecule has 1 heterocycles. The molecule has 0 aromatic heterocycles. The van der Waals surface area contributed by atoms with Gasteiger partial charge in [-0.15, -0.1) is 0 Å². The highest BCUT2D eigenvalue weighted by atomic mass is 19.4. The van der Waals surface area contributed by atoms with Gasteiger partial charge in [0.15, 0.2) is 6.10 Å². The molecule has 0 radical (unpaired) electrons. The zero-order valence-electron chi connectivity index (χ0n) is 11.0. The smallest absolute Gasteiger partial charge is 0.414 e. The zero-order valence-corrected chi connectivity index (χ0v) is 11.0. The van der Waals surface area contributed by atoms with Gasteiger partial charge in [0, 0.05) is 12.1 Å². The van der Waals surface area contributed by atoms with Crippen LogP contribution < -0.4 is 0 Å². The van der Waals surface area contributed by atoms with Crippen molar-refractivity contribution in [2.75, 3.05) is 13.1 Å². The number of aromatic hydroxyl groups is 1. The van der Waals surface area contributed by atoms with Crippen LogP contribution in [0.5, 0.6) is 5.75 Å². The van der Waals surface area contributed by atoms with Crippen molar-refractivity contribution in [2.45, 2.75) is 31.7 Å². The van der Waals surface area contributed by atoms with E-state index in [4.69, 9.17) is 0 Å². The average molecular weight is 289 g/mol. The normalized spacial score (nSPS) is 20.0. The Hall–Kier alpha value is -1.27. The first-order valence-corrected chi connectivity index (χ1v) is 6.62. The van der Waals surface area contributed by atoms with E-state index in [2.05, 4.69) is 0 Å². The van der Waals surface area contributed by atoms with E-state index in [1.54, 1.807) is 18.2 Å². The van der Waals surface area contributed by atoms with Crippen LogP contribution in [-0.2, 0) is 6.54 Å². The van der Waals surface area contributed by atoms with Gasteiger partial charge >= 0.3 is 6.18 Å². The largest absolute Gasteiger partial charge is 0.508 e. The number of hydrogen-bond acceptors (Lipinski definition) is 3. The highest BCUT2D eigenvalue weighted by Crippen LogP contribution is 2.32. The molecule has 1 atom stereocenters. The Morgan fingerprint density at radius 2 is 1.80 bits per heavy atom. The molecule has 1 aromatic carbocycles. The summed E-state index contributed by atoms with van der Waals surface area (Å²) in [6.07, 6.45) is -6.14. The number of phenols is 1. The van der Waals surface area contributed by atoms with Crippen molar-refractivity contribution >= 4 is 0 Å². The minimum Gasteiger partial charge on any atom is -0.508 e. The molecule has 1 saturated heterocycles. The third kappa shape index (κ3) is 3.64. The van der Waals surface area contributed by atoms with E-state index in [9.17, 15) is 23.4 Å². The van der Waals surface area contributed by atoms with Crippen molar-refractivity contribution in [2.24, 2.45) is 5.92 Å². The molecule has 1 unspecified atom stereocenters. The number of rotatable bonds is 3. The average Bonchev–Trinajstić information content (AvgIpc) is 2.40. The lowest BCUT2D eigenvalue weighted by Crippen LogP contribution is -2.43. The van der Waals surface area contributed by atoms with E-state index in [0.29, 0.717) is 32.5 Å². The number of para-hydroxylation sites is 1. The van der Waals surface area contributed by atoms with Crippen LogP contribution in [0.2, 0.25) is 0 Å². The Morgan fingerprint density at radius 3 is 2.35 bits per heavy atom. The summed E-state index contributed by atoms with van der Waals surface area (Å²) in [6, 6.07) is 6.93. The summed E-state index contributed by atoms with van der Waals surface area (Å²) >= 11 is 0. The molecule has 0 spiro atoms. The van der Waals surface area contributed by atoms with Gasteiger partial charge in [0.2, 0.25) is 0 Å². The number of benzene rings is 1. The first kappa shape index (κ1) is 15.1. The van der Waals surface area contributed by atoms with Crippen molar-refractivity contribution in [3.63, 3.8) is 0 Å². The highest BCUT2D eigenvalue weighted by Gasteiger charge is 2.44. The molecular formula is C14H18F3NO2. The number of phenolic OH excluding ortho intramolecular Hbond substituents is 1. The van der Waals surface area contributed by atoms with E-state index in [1.807, 2.05) is 11.0 Å². The molecule has 1 aliphatic heterocycles. The van der Waals surface area contributed by atoms with Gasteiger partial charge in [-0.1, -0.05) is 18.2 Å². The molecule has 20 heavy (non-hydrogen) atoms. The van der Waals surface area contributed by atoms with Crippen LogP contribution in [-0.4, -0.2) is 40.5 Å². The lowest BCUT2D eigenvalue weighted by atomic mass is 9.90. The molecule has 0 amide bonds. The van der Waals surface area contributed by atoms with Crippen LogP contribution >= 0.6 is 0 Å². The van der Waals surface area contributed by atoms with E-state index in [-0.39, 0.29) is 5.75 Å². The van der Waals surface area contributed by atoms with Gasteiger partial charge in [0.1, 0.15) is 5.75 Å². The minimum atomic E-state index is -4.54. The van der Waals surface area contributed by atoms with Gasteiger partial charge in [-0.2, -0.15) is 13.2 Å². The minimum absolute atomic E-state index is 0.199. The maximum Gasteiger partial charge on any atom is 0.414 e. The predicted molar refractivity (Wildman–Crippen MR) is 68.2 cm³/mol. The molecule has 2 rings (SSSR count). The van der Waals surface area contributed by atoms with Crippen LogP contribution in [0.1, 0.15) is 18.4 Å². The number of halogens is 3. The molecule has 0 bridgehead atoms. The Labute approximate surface area is 115 Å². The lowest BCUT2D eigenvalue weighted by Gasteiger charge is -2.34. The summed E-state index contributed by atoms with van der Waals surface area (Å²) in [5, 5.41) is 18.9. The van der Waals surface area contributed by atoms with Crippen molar-refractivity contribution < 1.29 is 23.4 Å². The number of aliphatic hydroxyl groups excluding tert-OH is 1. The van der Waals surface area contributed by atoms with Crippen molar-refractivity contribution in [1.82, 2.24) is 4.90 Å². The van der Waals surface area contributed by atoms with Crippen molar-refractivity contribution in [3.8, 4) is 5.75 Å². The second-order valence-electron chi connectivity index (χ2n) is 5.23. The summed E-state index contributed by atoms with van der Waals surface area (Å²) in [5.74, 6) is -0.527. The van der Waals surface area contributed by atoms with Gasteiger partial charge < -0.3 is 10.2 Å². The fraction of sp³-hybridized carbons (Fsp3) is 0.571. The Bertz CT molecular complexity index is 442. The van der Waals surface area contributed by atoms with Crippen LogP contribution in [0.3, 0.4) is 0 Å². The number of aliphatic hydroxyl groups is 1. The lowest BCUT2D eigenvalue weighted by molar-refractivity contribution is -0.223. The third-order valence-corrected chi connectivity index (χ3v) is 3.80. The zero-order chi connectivity index (χ0) is 14.8. The SMILES string of the molecule is Oc1ccccc1CN1CCC(C(O)C(F)(F)F)CC1. The summed E-state index contributed by atoms with van der Waals surface area (Å²) in [5.41, 5.74) is 0.766. The van der Waals surface area contributed by atoms with Gasteiger partial charge in [-0.05, 0) is 37.9 Å². The Balaban J connectivity index is 1.87. The summed E-state index contributed by atoms with van der Waals surface area (Å²) < 4.78 is 37.3. The molecule has 112 valence electrons. The molecule has 3 nitrogen and oxygen atoms in total. The Kier molecular flexibility index (Phi) is 4.55. The molecular weight excluding hydrogens is 271 g/mol. The number of hydrogen-bond donors (Lipinski definition) is 2. The molecule has 2 N–H and O–H groups in total. The van der Waals surface area contributed by atoms with E-state index >= 15 is 0 Å². The maximum atomic E-state index is 12.4. The van der Waals surface area contributed by atoms with Gasteiger partial charge in [-0.3, -0.25) is 4.90 Å². The van der Waals surface area contributed by atoms with Crippen LogP contribution in [0.4, 0.5) is 13.2 Å². The molecule has 6 heteroatoms. The first-order chi connectivity index (χ1) is 9.38. The highest BCUT2D eigenvalue weighted by molar-refractivity contribution is 5.31. The number of piperidine rings is 1. The van der Waals surface area contributed by atoms with Gasteiger partial charge in [-0.25, -0.2) is 0 Å². The monoisotopic (exact) mass is 289 g/mol. The van der Waals surface area contributed by atoms with Crippen LogP contribution in [0, 0.1) is 5.92 Å². The second-order valence-corrected chi connectivity index (χ2v) is 5.23. The molecule has 1 aliphatic rings. The first-order valence-electron chi connectivity index (χ1n) is 6.62. The third-order valence-electron chi connectivity index (χ3n) is 3.80. The Morgan fingerprint density at radius 1 is 1.20 bits per heavy atom. The quantitative estimate of drug-likeness (QED) is 0.898. The molecule has 0 aliphatic carbocycles. The van der Waals surface area contributed by atoms with Gasteiger partial charge in [0.25, 0.3) is 0 Å². The van der Waals surface area contributed by atoms with Crippen molar-refractivity contribution in [1.29, 1.82) is 0 Å².